The number of nitrogens with one attached hydrogen (secondary N) is 1. The normalized spacial score (nSPS) is 26.8. The topological polar surface area (TPSA) is 60.2 Å². The van der Waals surface area contributed by atoms with Gasteiger partial charge in [0, 0.05) is 19.0 Å². The molecule has 2 aliphatic rings. The van der Waals surface area contributed by atoms with E-state index in [4.69, 9.17) is 22.2 Å². The van der Waals surface area contributed by atoms with Crippen LogP contribution in [0.5, 0.6) is 0 Å². The molecule has 2 fully saturated rings. The molecule has 1 aromatic heterocycles. The van der Waals surface area contributed by atoms with Crippen LogP contribution in [0.15, 0.2) is 18.5 Å². The number of aromatic nitrogens is 1. The van der Waals surface area contributed by atoms with Crippen LogP contribution in [0.1, 0.15) is 50.1 Å². The quantitative estimate of drug-likeness (QED) is 0.665. The first-order valence-corrected chi connectivity index (χ1v) is 7.81. The molecule has 3 rings (SSSR count). The highest BCUT2D eigenvalue weighted by molar-refractivity contribution is 6.31. The van der Waals surface area contributed by atoms with E-state index < -0.39 is 0 Å². The number of ether oxygens (including phenoxy) is 1. The number of nitrogens with two attached hydrogens (primary N) is 1. The zero-order valence-corrected chi connectivity index (χ0v) is 12.4. The molecule has 2 unspecified atom stereocenters. The highest BCUT2D eigenvalue weighted by atomic mass is 35.5. The first-order valence-electron chi connectivity index (χ1n) is 7.44. The van der Waals surface area contributed by atoms with Crippen LogP contribution in [0.3, 0.4) is 0 Å². The molecule has 1 saturated carbocycles. The van der Waals surface area contributed by atoms with E-state index in [0.717, 1.165) is 25.0 Å². The maximum atomic E-state index is 6.28. The summed E-state index contributed by atoms with van der Waals surface area (Å²) in [5, 5.41) is 0.683. The van der Waals surface area contributed by atoms with Gasteiger partial charge in [-0.25, -0.2) is 0 Å². The fourth-order valence-corrected chi connectivity index (χ4v) is 4.07. The van der Waals surface area contributed by atoms with Crippen molar-refractivity contribution in [3.8, 4) is 0 Å². The highest BCUT2D eigenvalue weighted by Gasteiger charge is 2.42. The van der Waals surface area contributed by atoms with Crippen molar-refractivity contribution >= 4 is 11.6 Å². The molecule has 110 valence electrons. The lowest BCUT2D eigenvalue weighted by Crippen LogP contribution is -2.43. The zero-order valence-electron chi connectivity index (χ0n) is 11.6. The Hall–Kier alpha value is -0.680. The average Bonchev–Trinajstić information content (AvgIpc) is 2.90. The molecular weight excluding hydrogens is 274 g/mol. The second kappa shape index (κ2) is 5.98. The minimum atomic E-state index is 0.0758. The largest absolute Gasteiger partial charge is 0.375 e. The third kappa shape index (κ3) is 2.70. The van der Waals surface area contributed by atoms with E-state index in [2.05, 4.69) is 10.4 Å². The van der Waals surface area contributed by atoms with Gasteiger partial charge in [0.25, 0.3) is 0 Å². The maximum absolute atomic E-state index is 6.28. The molecule has 2 heterocycles. The minimum Gasteiger partial charge on any atom is -0.375 e. The van der Waals surface area contributed by atoms with Gasteiger partial charge in [0.1, 0.15) is 0 Å². The minimum absolute atomic E-state index is 0.0758. The molecule has 0 bridgehead atoms. The van der Waals surface area contributed by atoms with E-state index >= 15 is 0 Å². The van der Waals surface area contributed by atoms with Crippen LogP contribution in [0, 0.1) is 5.92 Å². The standard InChI is InChI=1S/C15H22ClN3O/c16-13-10-18-7-3-12(13)14(19-17)11-4-8-20-15(9-11)5-1-2-6-15/h3,7,10-11,14,19H,1-2,4-6,8-9,17H2. The average molecular weight is 296 g/mol. The van der Waals surface area contributed by atoms with Gasteiger partial charge < -0.3 is 4.74 Å². The van der Waals surface area contributed by atoms with Crippen molar-refractivity contribution in [3.63, 3.8) is 0 Å². The van der Waals surface area contributed by atoms with Gasteiger partial charge in [-0.05, 0) is 43.2 Å². The zero-order chi connectivity index (χ0) is 14.0. The second-order valence-electron chi connectivity index (χ2n) is 6.03. The fourth-order valence-electron chi connectivity index (χ4n) is 3.84. The molecule has 20 heavy (non-hydrogen) atoms. The summed E-state index contributed by atoms with van der Waals surface area (Å²) in [7, 11) is 0. The fraction of sp³-hybridized carbons (Fsp3) is 0.667. The number of rotatable bonds is 3. The summed E-state index contributed by atoms with van der Waals surface area (Å²) in [6, 6.07) is 2.04. The molecule has 1 saturated heterocycles. The number of pyridine rings is 1. The summed E-state index contributed by atoms with van der Waals surface area (Å²) in [6.07, 6.45) is 10.5. The SMILES string of the molecule is NNC(c1ccncc1Cl)C1CCOC2(CCCC2)C1. The molecule has 0 amide bonds. The Kier molecular flexibility index (Phi) is 4.26. The Labute approximate surface area is 125 Å². The number of hydrazine groups is 1. The molecule has 1 aliphatic heterocycles. The Balaban J connectivity index is 1.81. The van der Waals surface area contributed by atoms with Gasteiger partial charge in [0.2, 0.25) is 0 Å². The maximum Gasteiger partial charge on any atom is 0.0686 e. The lowest BCUT2D eigenvalue weighted by Gasteiger charge is -2.41. The van der Waals surface area contributed by atoms with E-state index in [0.29, 0.717) is 10.9 Å². The second-order valence-corrected chi connectivity index (χ2v) is 6.44. The summed E-state index contributed by atoms with van der Waals surface area (Å²) in [5.41, 5.74) is 4.11. The molecule has 0 aromatic carbocycles. The van der Waals surface area contributed by atoms with Crippen LogP contribution in [-0.2, 0) is 4.74 Å². The molecule has 1 aliphatic carbocycles. The molecule has 4 nitrogen and oxygen atoms in total. The molecular formula is C15H22ClN3O. The third-order valence-corrected chi connectivity index (χ3v) is 5.15. The van der Waals surface area contributed by atoms with Crippen molar-refractivity contribution in [1.82, 2.24) is 10.4 Å². The summed E-state index contributed by atoms with van der Waals surface area (Å²) in [5.74, 6) is 6.29. The monoisotopic (exact) mass is 295 g/mol. The lowest BCUT2D eigenvalue weighted by atomic mass is 9.79. The Morgan fingerprint density at radius 1 is 1.45 bits per heavy atom. The number of hydrogen-bond donors (Lipinski definition) is 2. The number of nitrogens with zero attached hydrogens (tertiary/aromatic N) is 1. The molecule has 0 radical (unpaired) electrons. The van der Waals surface area contributed by atoms with Crippen LogP contribution in [0.2, 0.25) is 5.02 Å². The van der Waals surface area contributed by atoms with Crippen molar-refractivity contribution < 1.29 is 4.74 Å². The predicted octanol–water partition coefficient (Wildman–Crippen LogP) is 2.98. The summed E-state index contributed by atoms with van der Waals surface area (Å²) < 4.78 is 6.10. The van der Waals surface area contributed by atoms with Crippen molar-refractivity contribution in [2.75, 3.05) is 6.61 Å². The summed E-state index contributed by atoms with van der Waals surface area (Å²) in [4.78, 5) is 4.05. The highest BCUT2D eigenvalue weighted by Crippen LogP contribution is 2.45. The van der Waals surface area contributed by atoms with Crippen LogP contribution >= 0.6 is 11.6 Å². The van der Waals surface area contributed by atoms with Crippen molar-refractivity contribution in [3.05, 3.63) is 29.0 Å². The van der Waals surface area contributed by atoms with Crippen molar-refractivity contribution in [2.45, 2.75) is 50.2 Å². The molecule has 3 N–H and O–H groups in total. The van der Waals surface area contributed by atoms with Crippen molar-refractivity contribution in [1.29, 1.82) is 0 Å². The van der Waals surface area contributed by atoms with Crippen molar-refractivity contribution in [2.24, 2.45) is 11.8 Å². The summed E-state index contributed by atoms with van der Waals surface area (Å²) >= 11 is 6.28. The number of halogens is 1. The van der Waals surface area contributed by atoms with Gasteiger partial charge in [-0.1, -0.05) is 24.4 Å². The van der Waals surface area contributed by atoms with Gasteiger partial charge in [-0.3, -0.25) is 16.3 Å². The molecule has 5 heteroatoms. The van der Waals surface area contributed by atoms with E-state index in [-0.39, 0.29) is 11.6 Å². The Morgan fingerprint density at radius 3 is 2.95 bits per heavy atom. The van der Waals surface area contributed by atoms with E-state index in [1.807, 2.05) is 6.07 Å². The van der Waals surface area contributed by atoms with E-state index in [9.17, 15) is 0 Å². The number of hydrogen-bond acceptors (Lipinski definition) is 4. The van der Waals surface area contributed by atoms with Crippen LogP contribution in [-0.4, -0.2) is 17.2 Å². The first-order chi connectivity index (χ1) is 9.74. The third-order valence-electron chi connectivity index (χ3n) is 4.84. The van der Waals surface area contributed by atoms with Gasteiger partial charge in [-0.2, -0.15) is 0 Å². The molecule has 1 spiro atoms. The van der Waals surface area contributed by atoms with Gasteiger partial charge >= 0.3 is 0 Å². The lowest BCUT2D eigenvalue weighted by molar-refractivity contribution is -0.0982. The van der Waals surface area contributed by atoms with E-state index in [1.54, 1.807) is 12.4 Å². The molecule has 2 atom stereocenters. The van der Waals surface area contributed by atoms with E-state index in [1.165, 1.54) is 25.7 Å². The Bertz CT molecular complexity index is 462. The van der Waals surface area contributed by atoms with Gasteiger partial charge in [0.05, 0.1) is 16.7 Å². The Morgan fingerprint density at radius 2 is 2.25 bits per heavy atom. The predicted molar refractivity (Wildman–Crippen MR) is 79.2 cm³/mol. The summed E-state index contributed by atoms with van der Waals surface area (Å²) in [6.45, 7) is 0.825. The molecule has 1 aromatic rings. The van der Waals surface area contributed by atoms with Gasteiger partial charge in [-0.15, -0.1) is 0 Å². The van der Waals surface area contributed by atoms with Crippen LogP contribution in [0.4, 0.5) is 0 Å². The smallest absolute Gasteiger partial charge is 0.0686 e. The van der Waals surface area contributed by atoms with Gasteiger partial charge in [0.15, 0.2) is 0 Å². The first kappa shape index (κ1) is 14.3. The van der Waals surface area contributed by atoms with Crippen LogP contribution in [0.25, 0.3) is 0 Å². The van der Waals surface area contributed by atoms with Crippen LogP contribution < -0.4 is 11.3 Å².